The third kappa shape index (κ3) is 3.27. The molecule has 0 fully saturated rings. The summed E-state index contributed by atoms with van der Waals surface area (Å²) in [5.74, 6) is -0.810. The largest absolute Gasteiger partial charge is 0.398 e. The molecule has 0 saturated carbocycles. The van der Waals surface area contributed by atoms with Crippen molar-refractivity contribution in [3.63, 3.8) is 0 Å². The molecule has 0 aromatic heterocycles. The summed E-state index contributed by atoms with van der Waals surface area (Å²) in [6, 6.07) is 10.7. The van der Waals surface area contributed by atoms with Gasteiger partial charge >= 0.3 is 0 Å². The molecular weight excluding hydrogens is 279 g/mol. The van der Waals surface area contributed by atoms with Crippen LogP contribution in [-0.2, 0) is 0 Å². The molecule has 3 nitrogen and oxygen atoms in total. The molecule has 1 atom stereocenters. The van der Waals surface area contributed by atoms with E-state index >= 15 is 0 Å². The average molecular weight is 293 g/mol. The van der Waals surface area contributed by atoms with Crippen molar-refractivity contribution in [1.29, 1.82) is 0 Å². The molecule has 2 aromatic carbocycles. The van der Waals surface area contributed by atoms with E-state index in [1.807, 2.05) is 19.1 Å². The van der Waals surface area contributed by atoms with Gasteiger partial charge < -0.3 is 11.1 Å². The maximum atomic E-state index is 13.0. The van der Waals surface area contributed by atoms with Crippen LogP contribution in [0.1, 0.15) is 28.9 Å². The second kappa shape index (κ2) is 5.92. The fourth-order valence-corrected chi connectivity index (χ4v) is 1.98. The zero-order valence-electron chi connectivity index (χ0n) is 10.9. The highest BCUT2D eigenvalue weighted by atomic mass is 35.5. The lowest BCUT2D eigenvalue weighted by Gasteiger charge is -2.15. The maximum Gasteiger partial charge on any atom is 0.253 e. The minimum absolute atomic E-state index is 0.116. The van der Waals surface area contributed by atoms with Crippen molar-refractivity contribution in [2.45, 2.75) is 13.0 Å². The highest BCUT2D eigenvalue weighted by Gasteiger charge is 2.14. The molecule has 5 heteroatoms. The standard InChI is InChI=1S/C15H14ClFN2O/c1-9(10-2-4-11(16)5-3-10)19-15(20)13-7-6-12(17)8-14(13)18/h2-9H,18H2,1H3,(H,19,20)/t9-/m0/s1. The van der Waals surface area contributed by atoms with Crippen LogP contribution < -0.4 is 11.1 Å². The quantitative estimate of drug-likeness (QED) is 0.850. The molecule has 0 aliphatic rings. The molecule has 0 aliphatic heterocycles. The Bertz CT molecular complexity index is 628. The van der Waals surface area contributed by atoms with Crippen molar-refractivity contribution in [2.75, 3.05) is 5.73 Å². The molecular formula is C15H14ClFN2O. The predicted molar refractivity (Wildman–Crippen MR) is 78.1 cm³/mol. The Kier molecular flexibility index (Phi) is 4.25. The van der Waals surface area contributed by atoms with E-state index in [9.17, 15) is 9.18 Å². The first-order chi connectivity index (χ1) is 9.47. The van der Waals surface area contributed by atoms with E-state index in [2.05, 4.69) is 5.32 Å². The second-order valence-electron chi connectivity index (χ2n) is 4.48. The van der Waals surface area contributed by atoms with E-state index in [1.165, 1.54) is 12.1 Å². The first-order valence-corrected chi connectivity index (χ1v) is 6.46. The Morgan fingerprint density at radius 3 is 2.50 bits per heavy atom. The molecule has 0 radical (unpaired) electrons. The van der Waals surface area contributed by atoms with Gasteiger partial charge in [-0.3, -0.25) is 4.79 Å². The van der Waals surface area contributed by atoms with E-state index in [0.29, 0.717) is 5.02 Å². The number of halogens is 2. The van der Waals surface area contributed by atoms with Crippen molar-refractivity contribution in [2.24, 2.45) is 0 Å². The zero-order chi connectivity index (χ0) is 14.7. The van der Waals surface area contributed by atoms with Crippen molar-refractivity contribution in [3.8, 4) is 0 Å². The Hall–Kier alpha value is -2.07. The van der Waals surface area contributed by atoms with Crippen LogP contribution in [0.25, 0.3) is 0 Å². The van der Waals surface area contributed by atoms with Crippen LogP contribution in [0.3, 0.4) is 0 Å². The molecule has 104 valence electrons. The van der Waals surface area contributed by atoms with Gasteiger partial charge in [0.25, 0.3) is 5.91 Å². The highest BCUT2D eigenvalue weighted by molar-refractivity contribution is 6.30. The molecule has 2 rings (SSSR count). The van der Waals surface area contributed by atoms with Crippen LogP contribution in [0.15, 0.2) is 42.5 Å². The summed E-state index contributed by atoms with van der Waals surface area (Å²) in [6.45, 7) is 1.85. The molecule has 0 aliphatic carbocycles. The van der Waals surface area contributed by atoms with Gasteiger partial charge in [-0.2, -0.15) is 0 Å². The number of hydrogen-bond donors (Lipinski definition) is 2. The topological polar surface area (TPSA) is 55.1 Å². The third-order valence-electron chi connectivity index (χ3n) is 2.98. The van der Waals surface area contributed by atoms with Crippen molar-refractivity contribution in [3.05, 3.63) is 64.4 Å². The number of carbonyl (C=O) groups excluding carboxylic acids is 1. The van der Waals surface area contributed by atoms with Gasteiger partial charge in [0.05, 0.1) is 11.6 Å². The fraction of sp³-hybridized carbons (Fsp3) is 0.133. The first kappa shape index (κ1) is 14.3. The summed E-state index contributed by atoms with van der Waals surface area (Å²) in [6.07, 6.45) is 0. The smallest absolute Gasteiger partial charge is 0.253 e. The van der Waals surface area contributed by atoms with Gasteiger partial charge in [0.15, 0.2) is 0 Å². The van der Waals surface area contributed by atoms with Gasteiger partial charge in [-0.1, -0.05) is 23.7 Å². The Labute approximate surface area is 121 Å². The summed E-state index contributed by atoms with van der Waals surface area (Å²) in [5, 5.41) is 3.44. The Balaban J connectivity index is 2.13. The number of hydrogen-bond acceptors (Lipinski definition) is 2. The van der Waals surface area contributed by atoms with Crippen molar-refractivity contribution < 1.29 is 9.18 Å². The highest BCUT2D eigenvalue weighted by Crippen LogP contribution is 2.18. The van der Waals surface area contributed by atoms with Crippen molar-refractivity contribution in [1.82, 2.24) is 5.32 Å². The van der Waals surface area contributed by atoms with E-state index < -0.39 is 5.82 Å². The van der Waals surface area contributed by atoms with Gasteiger partial charge in [0.2, 0.25) is 0 Å². The molecule has 1 amide bonds. The summed E-state index contributed by atoms with van der Waals surface area (Å²) < 4.78 is 13.0. The predicted octanol–water partition coefficient (Wildman–Crippen LogP) is 3.55. The van der Waals surface area contributed by atoms with E-state index in [4.69, 9.17) is 17.3 Å². The van der Waals surface area contributed by atoms with Gasteiger partial charge in [-0.05, 0) is 42.8 Å². The minimum Gasteiger partial charge on any atom is -0.398 e. The van der Waals surface area contributed by atoms with Crippen LogP contribution in [0.5, 0.6) is 0 Å². The van der Waals surface area contributed by atoms with Gasteiger partial charge in [0, 0.05) is 10.7 Å². The molecule has 0 spiro atoms. The summed E-state index contributed by atoms with van der Waals surface area (Å²) in [7, 11) is 0. The van der Waals surface area contributed by atoms with Gasteiger partial charge in [-0.25, -0.2) is 4.39 Å². The molecule has 3 N–H and O–H groups in total. The molecule has 20 heavy (non-hydrogen) atoms. The van der Waals surface area contributed by atoms with Gasteiger partial charge in [-0.15, -0.1) is 0 Å². The van der Waals surface area contributed by atoms with Crippen molar-refractivity contribution >= 4 is 23.2 Å². The number of nitrogen functional groups attached to an aromatic ring is 1. The molecule has 0 unspecified atom stereocenters. The average Bonchev–Trinajstić information content (AvgIpc) is 2.39. The van der Waals surface area contributed by atoms with E-state index in [-0.39, 0.29) is 23.2 Å². The normalized spacial score (nSPS) is 11.9. The molecule has 0 bridgehead atoms. The van der Waals surface area contributed by atoms with Crippen LogP contribution in [0, 0.1) is 5.82 Å². The third-order valence-corrected chi connectivity index (χ3v) is 3.23. The number of benzene rings is 2. The first-order valence-electron chi connectivity index (χ1n) is 6.08. The number of rotatable bonds is 3. The Morgan fingerprint density at radius 2 is 1.90 bits per heavy atom. The zero-order valence-corrected chi connectivity index (χ0v) is 11.6. The number of carbonyl (C=O) groups is 1. The van der Waals surface area contributed by atoms with E-state index in [1.54, 1.807) is 12.1 Å². The second-order valence-corrected chi connectivity index (χ2v) is 4.91. The maximum absolute atomic E-state index is 13.0. The summed E-state index contributed by atoms with van der Waals surface area (Å²) in [5.41, 5.74) is 6.93. The monoisotopic (exact) mass is 292 g/mol. The van der Waals surface area contributed by atoms with Crippen LogP contribution >= 0.6 is 11.6 Å². The summed E-state index contributed by atoms with van der Waals surface area (Å²) in [4.78, 5) is 12.1. The molecule has 2 aromatic rings. The number of nitrogens with one attached hydrogen (secondary N) is 1. The van der Waals surface area contributed by atoms with Gasteiger partial charge in [0.1, 0.15) is 5.82 Å². The SMILES string of the molecule is C[C@H](NC(=O)c1ccc(F)cc1N)c1ccc(Cl)cc1. The van der Waals surface area contributed by atoms with Crippen LogP contribution in [-0.4, -0.2) is 5.91 Å². The number of anilines is 1. The van der Waals surface area contributed by atoms with E-state index in [0.717, 1.165) is 11.6 Å². The Morgan fingerprint density at radius 1 is 1.25 bits per heavy atom. The lowest BCUT2D eigenvalue weighted by Crippen LogP contribution is -2.27. The minimum atomic E-state index is -0.468. The fourth-order valence-electron chi connectivity index (χ4n) is 1.85. The van der Waals surface area contributed by atoms with Crippen LogP contribution in [0.2, 0.25) is 5.02 Å². The molecule has 0 saturated heterocycles. The number of nitrogens with two attached hydrogens (primary N) is 1. The van der Waals surface area contributed by atoms with Crippen LogP contribution in [0.4, 0.5) is 10.1 Å². The number of amides is 1. The lowest BCUT2D eigenvalue weighted by molar-refractivity contribution is 0.0941. The summed E-state index contributed by atoms with van der Waals surface area (Å²) >= 11 is 5.81. The lowest BCUT2D eigenvalue weighted by atomic mass is 10.1. The molecule has 0 heterocycles.